The maximum Gasteiger partial charge on any atom is 0.168 e. The van der Waals surface area contributed by atoms with E-state index in [-0.39, 0.29) is 18.9 Å². The summed E-state index contributed by atoms with van der Waals surface area (Å²) in [6, 6.07) is 8.23. The molecule has 0 radical (unpaired) electrons. The summed E-state index contributed by atoms with van der Waals surface area (Å²) in [6.45, 7) is 2.13. The van der Waals surface area contributed by atoms with Gasteiger partial charge in [0.1, 0.15) is 23.7 Å². The maximum absolute atomic E-state index is 14.0. The zero-order valence-electron chi connectivity index (χ0n) is 17.4. The summed E-state index contributed by atoms with van der Waals surface area (Å²) >= 11 is 0. The Kier molecular flexibility index (Phi) is 6.24. The van der Waals surface area contributed by atoms with Crippen LogP contribution in [0.15, 0.2) is 48.9 Å². The van der Waals surface area contributed by atoms with Crippen LogP contribution in [0.1, 0.15) is 12.5 Å². The van der Waals surface area contributed by atoms with E-state index in [0.717, 1.165) is 12.1 Å². The standard InChI is InChI=1S/C22H21F2N5O3/c1-13(30)10-29(22-17-9-27-28-21(17)25-12-26-22)19-5-4-16(7-14(19)11-31-2)32-20-6-3-15(23)8-18(20)24/h3-9,12-13,30H,10-11H2,1-2H3,(H,25,26,27,28). The van der Waals surface area contributed by atoms with Crippen molar-refractivity contribution in [3.63, 3.8) is 0 Å². The topological polar surface area (TPSA) is 96.4 Å². The number of nitrogens with zero attached hydrogens (tertiary/aromatic N) is 4. The molecular weight excluding hydrogens is 420 g/mol. The molecule has 0 amide bonds. The monoisotopic (exact) mass is 441 g/mol. The third-order valence-corrected chi connectivity index (χ3v) is 4.69. The number of H-pyrrole nitrogens is 1. The zero-order valence-corrected chi connectivity index (χ0v) is 17.4. The highest BCUT2D eigenvalue weighted by molar-refractivity contribution is 5.89. The number of aromatic amines is 1. The van der Waals surface area contributed by atoms with Crippen LogP contribution in [0.4, 0.5) is 20.3 Å². The highest BCUT2D eigenvalue weighted by Gasteiger charge is 2.21. The number of rotatable bonds is 8. The molecule has 2 aromatic carbocycles. The van der Waals surface area contributed by atoms with Crippen molar-refractivity contribution in [3.8, 4) is 11.5 Å². The Morgan fingerprint density at radius 1 is 1.16 bits per heavy atom. The van der Waals surface area contributed by atoms with Crippen molar-refractivity contribution in [1.29, 1.82) is 0 Å². The van der Waals surface area contributed by atoms with Gasteiger partial charge in [0.2, 0.25) is 0 Å². The molecule has 0 aliphatic heterocycles. The number of benzene rings is 2. The second-order valence-corrected chi connectivity index (χ2v) is 7.19. The number of halogens is 2. The van der Waals surface area contributed by atoms with E-state index in [1.165, 1.54) is 12.4 Å². The van der Waals surface area contributed by atoms with Gasteiger partial charge in [-0.3, -0.25) is 5.10 Å². The molecule has 0 saturated carbocycles. The number of hydrogen-bond acceptors (Lipinski definition) is 7. The second-order valence-electron chi connectivity index (χ2n) is 7.19. The van der Waals surface area contributed by atoms with E-state index in [2.05, 4.69) is 20.2 Å². The molecule has 1 unspecified atom stereocenters. The van der Waals surface area contributed by atoms with Crippen LogP contribution >= 0.6 is 0 Å². The molecule has 0 aliphatic carbocycles. The summed E-state index contributed by atoms with van der Waals surface area (Å²) in [4.78, 5) is 10.4. The number of aliphatic hydroxyl groups is 1. The van der Waals surface area contributed by atoms with Crippen LogP contribution in [-0.2, 0) is 11.3 Å². The third-order valence-electron chi connectivity index (χ3n) is 4.69. The molecule has 2 aromatic heterocycles. The van der Waals surface area contributed by atoms with Crippen molar-refractivity contribution in [2.75, 3.05) is 18.6 Å². The molecule has 0 saturated heterocycles. The predicted octanol–water partition coefficient (Wildman–Crippen LogP) is 4.09. The average molecular weight is 441 g/mol. The van der Waals surface area contributed by atoms with Gasteiger partial charge in [0.05, 0.1) is 30.8 Å². The van der Waals surface area contributed by atoms with Gasteiger partial charge in [-0.15, -0.1) is 0 Å². The predicted molar refractivity (Wildman–Crippen MR) is 114 cm³/mol. The summed E-state index contributed by atoms with van der Waals surface area (Å²) in [5, 5.41) is 17.7. The third kappa shape index (κ3) is 4.51. The van der Waals surface area contributed by atoms with Crippen LogP contribution in [0, 0.1) is 11.6 Å². The first-order valence-corrected chi connectivity index (χ1v) is 9.80. The van der Waals surface area contributed by atoms with Crippen LogP contribution in [0.25, 0.3) is 11.0 Å². The Bertz CT molecular complexity index is 1230. The van der Waals surface area contributed by atoms with Crippen LogP contribution in [0.5, 0.6) is 11.5 Å². The van der Waals surface area contributed by atoms with Crippen molar-refractivity contribution in [2.45, 2.75) is 19.6 Å². The molecule has 10 heteroatoms. The summed E-state index contributed by atoms with van der Waals surface area (Å²) in [5.74, 6) is -0.685. The molecule has 166 valence electrons. The minimum absolute atomic E-state index is 0.0979. The Hall–Kier alpha value is -3.63. The summed E-state index contributed by atoms with van der Waals surface area (Å²) in [7, 11) is 1.55. The van der Waals surface area contributed by atoms with Crippen molar-refractivity contribution < 1.29 is 23.4 Å². The minimum Gasteiger partial charge on any atom is -0.454 e. The highest BCUT2D eigenvalue weighted by Crippen LogP contribution is 2.35. The van der Waals surface area contributed by atoms with Gasteiger partial charge >= 0.3 is 0 Å². The fourth-order valence-corrected chi connectivity index (χ4v) is 3.38. The number of methoxy groups -OCH3 is 1. The number of fused-ring (bicyclic) bond motifs is 1. The highest BCUT2D eigenvalue weighted by atomic mass is 19.1. The molecule has 8 nitrogen and oxygen atoms in total. The molecule has 0 spiro atoms. The maximum atomic E-state index is 14.0. The van der Waals surface area contributed by atoms with Gasteiger partial charge in [-0.1, -0.05) is 0 Å². The largest absolute Gasteiger partial charge is 0.454 e. The Morgan fingerprint density at radius 3 is 2.75 bits per heavy atom. The molecule has 2 heterocycles. The van der Waals surface area contributed by atoms with Crippen LogP contribution in [0.3, 0.4) is 0 Å². The lowest BCUT2D eigenvalue weighted by molar-refractivity contribution is 0.184. The van der Waals surface area contributed by atoms with E-state index >= 15 is 0 Å². The van der Waals surface area contributed by atoms with Gasteiger partial charge in [-0.2, -0.15) is 5.10 Å². The number of aliphatic hydroxyl groups excluding tert-OH is 1. The molecule has 1 atom stereocenters. The fraction of sp³-hybridized carbons (Fsp3) is 0.227. The molecule has 4 rings (SSSR count). The molecule has 0 aliphatic rings. The second kappa shape index (κ2) is 9.25. The summed E-state index contributed by atoms with van der Waals surface area (Å²) in [6.07, 6.45) is 2.35. The van der Waals surface area contributed by atoms with Gasteiger partial charge in [0.25, 0.3) is 0 Å². The van der Waals surface area contributed by atoms with Gasteiger partial charge in [-0.05, 0) is 37.3 Å². The average Bonchev–Trinajstić information content (AvgIpc) is 3.24. The Labute approximate surface area is 182 Å². The number of nitrogens with one attached hydrogen (secondary N) is 1. The number of aromatic nitrogens is 4. The van der Waals surface area contributed by atoms with E-state index in [9.17, 15) is 13.9 Å². The first-order chi connectivity index (χ1) is 15.5. The van der Waals surface area contributed by atoms with E-state index in [0.29, 0.717) is 33.9 Å². The zero-order chi connectivity index (χ0) is 22.7. The molecule has 2 N–H and O–H groups in total. The lowest BCUT2D eigenvalue weighted by atomic mass is 10.1. The lowest BCUT2D eigenvalue weighted by Crippen LogP contribution is -2.28. The van der Waals surface area contributed by atoms with Crippen LogP contribution in [-0.4, -0.2) is 45.0 Å². The Balaban J connectivity index is 1.76. The van der Waals surface area contributed by atoms with Crippen LogP contribution in [0.2, 0.25) is 0 Å². The Morgan fingerprint density at radius 2 is 2.00 bits per heavy atom. The number of hydrogen-bond donors (Lipinski definition) is 2. The van der Waals surface area contributed by atoms with Crippen LogP contribution < -0.4 is 9.64 Å². The summed E-state index contributed by atoms with van der Waals surface area (Å²) < 4.78 is 38.2. The first-order valence-electron chi connectivity index (χ1n) is 9.80. The smallest absolute Gasteiger partial charge is 0.168 e. The molecule has 32 heavy (non-hydrogen) atoms. The number of ether oxygens (including phenoxy) is 2. The number of anilines is 2. The van der Waals surface area contributed by atoms with E-state index in [1.54, 1.807) is 38.4 Å². The molecular formula is C22H21F2N5O3. The molecule has 0 fully saturated rings. The van der Waals surface area contributed by atoms with Crippen molar-refractivity contribution >= 4 is 22.5 Å². The van der Waals surface area contributed by atoms with Crippen molar-refractivity contribution in [1.82, 2.24) is 20.2 Å². The molecule has 0 bridgehead atoms. The van der Waals surface area contributed by atoms with E-state index in [1.807, 2.05) is 4.90 Å². The lowest BCUT2D eigenvalue weighted by Gasteiger charge is -2.28. The minimum atomic E-state index is -0.804. The van der Waals surface area contributed by atoms with Crippen molar-refractivity contribution in [2.24, 2.45) is 0 Å². The van der Waals surface area contributed by atoms with Gasteiger partial charge < -0.3 is 19.5 Å². The normalized spacial score (nSPS) is 12.2. The van der Waals surface area contributed by atoms with Gasteiger partial charge in [-0.25, -0.2) is 18.7 Å². The summed E-state index contributed by atoms with van der Waals surface area (Å²) in [5.41, 5.74) is 1.98. The molecule has 4 aromatic rings. The first kappa shape index (κ1) is 21.6. The fourth-order valence-electron chi connectivity index (χ4n) is 3.38. The van der Waals surface area contributed by atoms with E-state index in [4.69, 9.17) is 9.47 Å². The van der Waals surface area contributed by atoms with Gasteiger partial charge in [0, 0.05) is 24.4 Å². The van der Waals surface area contributed by atoms with Gasteiger partial charge in [0.15, 0.2) is 17.2 Å². The van der Waals surface area contributed by atoms with Crippen molar-refractivity contribution in [3.05, 3.63) is 66.1 Å². The SMILES string of the molecule is COCc1cc(Oc2ccc(F)cc2F)ccc1N(CC(C)O)c1ncnc2[nH]ncc12. The quantitative estimate of drug-likeness (QED) is 0.425. The van der Waals surface area contributed by atoms with E-state index < -0.39 is 17.7 Å².